The van der Waals surface area contributed by atoms with E-state index in [9.17, 15) is 9.59 Å². The van der Waals surface area contributed by atoms with Crippen molar-refractivity contribution < 1.29 is 19.5 Å². The predicted octanol–water partition coefficient (Wildman–Crippen LogP) is 1.72. The molecule has 1 rings (SSSR count). The Bertz CT molecular complexity index is 439. The fourth-order valence-corrected chi connectivity index (χ4v) is 1.27. The maximum Gasteiger partial charge on any atom is 0.362 e. The lowest BCUT2D eigenvalue weighted by atomic mass is 10.1. The van der Waals surface area contributed by atoms with Gasteiger partial charge in [0.15, 0.2) is 0 Å². The molecule has 0 aliphatic carbocycles. The van der Waals surface area contributed by atoms with Gasteiger partial charge in [0.25, 0.3) is 0 Å². The van der Waals surface area contributed by atoms with Gasteiger partial charge in [-0.3, -0.25) is 4.79 Å². The zero-order valence-electron chi connectivity index (χ0n) is 8.31. The highest BCUT2D eigenvalue weighted by molar-refractivity contribution is 9.10. The van der Waals surface area contributed by atoms with Crippen molar-refractivity contribution in [2.75, 3.05) is 7.11 Å². The lowest BCUT2D eigenvalue weighted by Gasteiger charge is -2.00. The van der Waals surface area contributed by atoms with Gasteiger partial charge in [-0.1, -0.05) is 21.1 Å². The number of benzene rings is 1. The second-order valence-corrected chi connectivity index (χ2v) is 3.68. The van der Waals surface area contributed by atoms with Gasteiger partial charge >= 0.3 is 5.97 Å². The van der Waals surface area contributed by atoms with Gasteiger partial charge < -0.3 is 9.94 Å². The number of aliphatic carboxylic acids is 1. The minimum atomic E-state index is -1.42. The van der Waals surface area contributed by atoms with Crippen molar-refractivity contribution in [3.8, 4) is 0 Å². The average Bonchev–Trinajstić information content (AvgIpc) is 2.25. The number of nitrogens with zero attached hydrogens (tertiary/aromatic N) is 1. The predicted molar refractivity (Wildman–Crippen MR) is 60.6 cm³/mol. The lowest BCUT2D eigenvalue weighted by molar-refractivity contribution is -0.129. The maximum atomic E-state index is 11.7. The van der Waals surface area contributed by atoms with E-state index in [1.54, 1.807) is 12.1 Å². The number of halogens is 1. The molecule has 0 heterocycles. The molecule has 0 amide bonds. The lowest BCUT2D eigenvalue weighted by Crippen LogP contribution is -2.24. The molecule has 84 valence electrons. The summed E-state index contributed by atoms with van der Waals surface area (Å²) < 4.78 is 0.796. The molecule has 0 atom stereocenters. The SMILES string of the molecule is CON=C(C(=O)O)C(=O)c1ccc(Br)cc1. The number of oxime groups is 1. The van der Waals surface area contributed by atoms with E-state index < -0.39 is 17.5 Å². The van der Waals surface area contributed by atoms with Crippen LogP contribution in [0.5, 0.6) is 0 Å². The van der Waals surface area contributed by atoms with E-state index in [4.69, 9.17) is 5.11 Å². The van der Waals surface area contributed by atoms with E-state index in [0.29, 0.717) is 0 Å². The van der Waals surface area contributed by atoms with Gasteiger partial charge in [0, 0.05) is 10.0 Å². The Morgan fingerprint density at radius 2 is 1.88 bits per heavy atom. The summed E-state index contributed by atoms with van der Waals surface area (Å²) in [6.07, 6.45) is 0. The van der Waals surface area contributed by atoms with Crippen molar-refractivity contribution in [2.45, 2.75) is 0 Å². The topological polar surface area (TPSA) is 76.0 Å². The van der Waals surface area contributed by atoms with Crippen LogP contribution in [-0.4, -0.2) is 29.7 Å². The molecule has 1 N–H and O–H groups in total. The highest BCUT2D eigenvalue weighted by atomic mass is 79.9. The van der Waals surface area contributed by atoms with Gasteiger partial charge in [0.05, 0.1) is 0 Å². The largest absolute Gasteiger partial charge is 0.476 e. The normalized spacial score (nSPS) is 11.0. The molecular formula is C10H8BrNO4. The van der Waals surface area contributed by atoms with Crippen LogP contribution in [0, 0.1) is 0 Å². The first-order chi connectivity index (χ1) is 7.56. The van der Waals surface area contributed by atoms with Gasteiger partial charge in [0.1, 0.15) is 7.11 Å². The third-order valence-corrected chi connectivity index (χ3v) is 2.24. The molecule has 0 aromatic heterocycles. The molecule has 0 aliphatic heterocycles. The van der Waals surface area contributed by atoms with E-state index in [1.807, 2.05) is 0 Å². The monoisotopic (exact) mass is 285 g/mol. The van der Waals surface area contributed by atoms with E-state index in [2.05, 4.69) is 25.9 Å². The average molecular weight is 286 g/mol. The second kappa shape index (κ2) is 5.41. The van der Waals surface area contributed by atoms with E-state index in [1.165, 1.54) is 19.2 Å². The Labute approximate surface area is 99.8 Å². The van der Waals surface area contributed by atoms with Crippen molar-refractivity contribution in [3.63, 3.8) is 0 Å². The summed E-state index contributed by atoms with van der Waals surface area (Å²) in [7, 11) is 1.18. The highest BCUT2D eigenvalue weighted by Gasteiger charge is 2.22. The van der Waals surface area contributed by atoms with Crippen molar-refractivity contribution in [2.24, 2.45) is 5.16 Å². The standard InChI is InChI=1S/C10H8BrNO4/c1-16-12-8(10(14)15)9(13)6-2-4-7(11)5-3-6/h2-5H,1H3,(H,14,15). The molecule has 0 unspecified atom stereocenters. The summed E-state index contributed by atoms with van der Waals surface area (Å²) in [4.78, 5) is 26.7. The van der Waals surface area contributed by atoms with Crippen LogP contribution in [0.2, 0.25) is 0 Å². The molecule has 0 radical (unpaired) electrons. The van der Waals surface area contributed by atoms with E-state index >= 15 is 0 Å². The molecular weight excluding hydrogens is 278 g/mol. The summed E-state index contributed by atoms with van der Waals surface area (Å²) in [6, 6.07) is 6.28. The van der Waals surface area contributed by atoms with Gasteiger partial charge in [-0.15, -0.1) is 0 Å². The van der Waals surface area contributed by atoms with Crippen LogP contribution >= 0.6 is 15.9 Å². The Hall–Kier alpha value is -1.69. The Morgan fingerprint density at radius 1 is 1.31 bits per heavy atom. The summed E-state index contributed by atoms with van der Waals surface area (Å²) in [6.45, 7) is 0. The van der Waals surface area contributed by atoms with Crippen LogP contribution in [0.1, 0.15) is 10.4 Å². The Balaban J connectivity index is 3.05. The molecule has 0 spiro atoms. The van der Waals surface area contributed by atoms with Crippen molar-refractivity contribution in [1.82, 2.24) is 0 Å². The minimum Gasteiger partial charge on any atom is -0.476 e. The van der Waals surface area contributed by atoms with Gasteiger partial charge in [-0.25, -0.2) is 4.79 Å². The summed E-state index contributed by atoms with van der Waals surface area (Å²) in [5.41, 5.74) is -0.411. The number of carboxylic acids is 1. The Morgan fingerprint density at radius 3 is 2.31 bits per heavy atom. The fraction of sp³-hybridized carbons (Fsp3) is 0.100. The van der Waals surface area contributed by atoms with Crippen LogP contribution in [0.3, 0.4) is 0 Å². The number of ketones is 1. The minimum absolute atomic E-state index is 0.237. The smallest absolute Gasteiger partial charge is 0.362 e. The van der Waals surface area contributed by atoms with E-state index in [0.717, 1.165) is 4.47 Å². The second-order valence-electron chi connectivity index (χ2n) is 2.76. The number of hydrogen-bond donors (Lipinski definition) is 1. The van der Waals surface area contributed by atoms with Gasteiger partial charge in [-0.2, -0.15) is 0 Å². The maximum absolute atomic E-state index is 11.7. The molecule has 1 aromatic carbocycles. The van der Waals surface area contributed by atoms with Crippen LogP contribution < -0.4 is 0 Å². The molecule has 16 heavy (non-hydrogen) atoms. The van der Waals surface area contributed by atoms with E-state index in [-0.39, 0.29) is 5.56 Å². The zero-order chi connectivity index (χ0) is 12.1. The summed E-state index contributed by atoms with van der Waals surface area (Å²) in [5.74, 6) is -2.11. The van der Waals surface area contributed by atoms with Crippen LogP contribution in [0.4, 0.5) is 0 Å². The number of carboxylic acid groups (broad SMARTS) is 1. The molecule has 0 bridgehead atoms. The molecule has 1 aromatic rings. The number of Topliss-reactive ketones (excluding diaryl/α,β-unsaturated/α-hetero) is 1. The van der Waals surface area contributed by atoms with Crippen molar-refractivity contribution in [3.05, 3.63) is 34.3 Å². The summed E-state index contributed by atoms with van der Waals surface area (Å²) >= 11 is 3.21. The molecule has 6 heteroatoms. The quantitative estimate of drug-likeness (QED) is 0.396. The fourth-order valence-electron chi connectivity index (χ4n) is 1.01. The first kappa shape index (κ1) is 12.4. The Kier molecular flexibility index (Phi) is 4.19. The summed E-state index contributed by atoms with van der Waals surface area (Å²) in [5, 5.41) is 11.9. The first-order valence-corrected chi connectivity index (χ1v) is 5.00. The van der Waals surface area contributed by atoms with Crippen LogP contribution in [-0.2, 0) is 9.63 Å². The highest BCUT2D eigenvalue weighted by Crippen LogP contribution is 2.11. The zero-order valence-corrected chi connectivity index (χ0v) is 9.89. The molecule has 5 nitrogen and oxygen atoms in total. The number of carbonyl (C=O) groups excluding carboxylic acids is 1. The number of hydrogen-bond acceptors (Lipinski definition) is 4. The third-order valence-electron chi connectivity index (χ3n) is 1.71. The van der Waals surface area contributed by atoms with Crippen molar-refractivity contribution in [1.29, 1.82) is 0 Å². The number of carbonyl (C=O) groups is 2. The van der Waals surface area contributed by atoms with Gasteiger partial charge in [0.2, 0.25) is 11.5 Å². The number of rotatable bonds is 4. The van der Waals surface area contributed by atoms with Gasteiger partial charge in [-0.05, 0) is 24.3 Å². The molecule has 0 saturated carbocycles. The van der Waals surface area contributed by atoms with Crippen molar-refractivity contribution >= 4 is 33.4 Å². The molecule has 0 fully saturated rings. The molecule has 0 saturated heterocycles. The first-order valence-electron chi connectivity index (χ1n) is 4.21. The van der Waals surface area contributed by atoms with Crippen LogP contribution in [0.15, 0.2) is 33.9 Å². The van der Waals surface area contributed by atoms with Crippen LogP contribution in [0.25, 0.3) is 0 Å². The molecule has 0 aliphatic rings. The third kappa shape index (κ3) is 2.90.